The van der Waals surface area contributed by atoms with Crippen molar-refractivity contribution in [1.82, 2.24) is 0 Å². The van der Waals surface area contributed by atoms with E-state index < -0.39 is 0 Å². The fourth-order valence-corrected chi connectivity index (χ4v) is 0.0304. The number of hydrogen-bond donors (Lipinski definition) is 1. The smallest absolute Gasteiger partial charge is 0.138 e. The number of aliphatic hydroxyl groups excluding tert-OH is 1. The van der Waals surface area contributed by atoms with Crippen LogP contribution in [0.3, 0.4) is 0 Å². The van der Waals surface area contributed by atoms with Gasteiger partial charge in [-0.2, -0.15) is 0 Å². The first-order valence-electron chi connectivity index (χ1n) is 8.36. The van der Waals surface area contributed by atoms with E-state index in [0.29, 0.717) is 12.5 Å². The molecule has 0 rings (SSSR count). The maximum absolute atomic E-state index is 9.38. The molecule has 0 spiro atoms. The summed E-state index contributed by atoms with van der Waals surface area (Å²) >= 11 is 0. The van der Waals surface area contributed by atoms with Crippen molar-refractivity contribution in [1.29, 1.82) is 0 Å². The van der Waals surface area contributed by atoms with E-state index in [1.165, 1.54) is 0 Å². The van der Waals surface area contributed by atoms with Gasteiger partial charge in [0.25, 0.3) is 0 Å². The first kappa shape index (κ1) is 57.9. The second-order valence-corrected chi connectivity index (χ2v) is 0.747. The van der Waals surface area contributed by atoms with Crippen LogP contribution in [0, 0.1) is 0 Å². The Labute approximate surface area is 164 Å². The van der Waals surface area contributed by atoms with Crippen LogP contribution >= 0.6 is 0 Å². The summed E-state index contributed by atoms with van der Waals surface area (Å²) in [5.41, 5.74) is -0.157. The Balaban J connectivity index is -0.0000000120. The summed E-state index contributed by atoms with van der Waals surface area (Å²) in [4.78, 5) is 9.38. The Morgan fingerprint density at radius 2 is 0.810 bits per heavy atom. The number of carbonyl (C=O) groups excluding carboxylic acids is 1. The van der Waals surface area contributed by atoms with E-state index in [4.69, 9.17) is 13.0 Å². The van der Waals surface area contributed by atoms with Crippen molar-refractivity contribution in [3.05, 3.63) is 11.7 Å². The second kappa shape index (κ2) is 265. The van der Waals surface area contributed by atoms with E-state index in [2.05, 4.69) is 0 Å². The fourth-order valence-electron chi connectivity index (χ4n) is 0.0304. The monoisotopic (exact) mass is 381 g/mol. The zero-order valence-corrected chi connectivity index (χ0v) is 20.5. The third-order valence-corrected chi connectivity index (χ3v) is 0.285. The SMILES string of the molecule is CC.CC.CC.CC.CC.CC.CC.[B]/C(C=O)=C/O.[Y]. The molecule has 21 heavy (non-hydrogen) atoms. The van der Waals surface area contributed by atoms with E-state index in [0.717, 1.165) is 0 Å². The minimum Gasteiger partial charge on any atom is -0.516 e. The molecule has 2 nitrogen and oxygen atoms in total. The molecular weight excluding hydrogens is 336 g/mol. The van der Waals surface area contributed by atoms with Gasteiger partial charge in [0.2, 0.25) is 0 Å². The quantitative estimate of drug-likeness (QED) is 0.231. The van der Waals surface area contributed by atoms with Crippen molar-refractivity contribution < 1.29 is 42.6 Å². The van der Waals surface area contributed by atoms with Crippen LogP contribution in [0.1, 0.15) is 96.9 Å². The van der Waals surface area contributed by atoms with Crippen LogP contribution in [0.4, 0.5) is 0 Å². The summed E-state index contributed by atoms with van der Waals surface area (Å²) in [6.45, 7) is 28.0. The molecule has 131 valence electrons. The Morgan fingerprint density at radius 1 is 0.667 bits per heavy atom. The van der Waals surface area contributed by atoms with Crippen LogP contribution in [0.15, 0.2) is 11.7 Å². The molecule has 0 fully saturated rings. The van der Waals surface area contributed by atoms with Gasteiger partial charge in [0.15, 0.2) is 0 Å². The minimum absolute atomic E-state index is 0. The van der Waals surface area contributed by atoms with E-state index in [9.17, 15) is 4.79 Å². The first-order valence-corrected chi connectivity index (χ1v) is 8.36. The molecule has 0 atom stereocenters. The van der Waals surface area contributed by atoms with Gasteiger partial charge in [0.05, 0.1) is 6.26 Å². The average molecular weight is 381 g/mol. The minimum atomic E-state index is -0.157. The van der Waals surface area contributed by atoms with Gasteiger partial charge in [-0.1, -0.05) is 96.9 Å². The van der Waals surface area contributed by atoms with Crippen LogP contribution in [0.5, 0.6) is 0 Å². The fraction of sp³-hybridized carbons (Fsp3) is 0.824. The predicted octanol–water partition coefficient (Wildman–Crippen LogP) is 6.93. The molecule has 0 aliphatic carbocycles. The molecule has 0 amide bonds. The second-order valence-electron chi connectivity index (χ2n) is 0.747. The first-order chi connectivity index (χ1) is 9.81. The summed E-state index contributed by atoms with van der Waals surface area (Å²) in [5.74, 6) is 0. The van der Waals surface area contributed by atoms with Crippen molar-refractivity contribution in [2.75, 3.05) is 0 Å². The van der Waals surface area contributed by atoms with Gasteiger partial charge in [-0.25, -0.2) is 0 Å². The summed E-state index contributed by atoms with van der Waals surface area (Å²) in [5, 5.41) is 7.82. The molecule has 0 aliphatic rings. The van der Waals surface area contributed by atoms with Gasteiger partial charge in [-0.15, -0.1) is 0 Å². The Bertz CT molecular complexity index is 88.9. The molecule has 0 unspecified atom stereocenters. The van der Waals surface area contributed by atoms with E-state index in [1.807, 2.05) is 96.9 Å². The summed E-state index contributed by atoms with van der Waals surface area (Å²) in [6, 6.07) is 0. The van der Waals surface area contributed by atoms with Gasteiger partial charge < -0.3 is 5.11 Å². The Hall–Kier alpha value is 0.379. The van der Waals surface area contributed by atoms with Crippen LogP contribution in [0.2, 0.25) is 0 Å². The molecule has 0 heterocycles. The number of rotatable bonds is 1. The molecule has 0 bridgehead atoms. The third-order valence-electron chi connectivity index (χ3n) is 0.285. The average Bonchev–Trinajstić information content (AvgIpc) is 2.66. The molecule has 0 aromatic carbocycles. The van der Waals surface area contributed by atoms with Crippen molar-refractivity contribution >= 4 is 14.1 Å². The molecule has 0 saturated heterocycles. The third kappa shape index (κ3) is 359. The van der Waals surface area contributed by atoms with Crippen molar-refractivity contribution in [2.24, 2.45) is 0 Å². The Kier molecular flexibility index (Phi) is 730. The van der Waals surface area contributed by atoms with Crippen LogP contribution in [0.25, 0.3) is 0 Å². The van der Waals surface area contributed by atoms with Gasteiger partial charge >= 0.3 is 0 Å². The van der Waals surface area contributed by atoms with E-state index in [1.54, 1.807) is 0 Å². The zero-order chi connectivity index (χ0) is 19.0. The normalized spacial score (nSPS) is 5.14. The van der Waals surface area contributed by atoms with Crippen molar-refractivity contribution in [3.8, 4) is 0 Å². The summed E-state index contributed by atoms with van der Waals surface area (Å²) in [6.07, 6.45) is 0.910. The molecule has 1 N–H and O–H groups in total. The molecule has 0 aliphatic heterocycles. The number of aldehydes is 1. The van der Waals surface area contributed by atoms with E-state index >= 15 is 0 Å². The largest absolute Gasteiger partial charge is 0.516 e. The molecule has 0 saturated carbocycles. The van der Waals surface area contributed by atoms with Crippen LogP contribution < -0.4 is 0 Å². The van der Waals surface area contributed by atoms with Crippen LogP contribution in [-0.2, 0) is 37.5 Å². The summed E-state index contributed by atoms with van der Waals surface area (Å²) in [7, 11) is 4.72. The Morgan fingerprint density at radius 3 is 0.810 bits per heavy atom. The molecule has 0 aromatic heterocycles. The van der Waals surface area contributed by atoms with Crippen LogP contribution in [-0.4, -0.2) is 19.2 Å². The summed E-state index contributed by atoms with van der Waals surface area (Å²) < 4.78 is 0. The number of hydrogen-bond acceptors (Lipinski definition) is 2. The molecule has 0 aromatic rings. The van der Waals surface area contributed by atoms with Crippen molar-refractivity contribution in [3.63, 3.8) is 0 Å². The zero-order valence-electron chi connectivity index (χ0n) is 17.7. The maximum atomic E-state index is 9.38. The van der Waals surface area contributed by atoms with Gasteiger partial charge in [-0.3, -0.25) is 4.79 Å². The molecular formula is C17H45BO2Y. The van der Waals surface area contributed by atoms with Gasteiger partial charge in [0.1, 0.15) is 14.1 Å². The number of allylic oxidation sites excluding steroid dienone is 1. The van der Waals surface area contributed by atoms with Crippen molar-refractivity contribution in [2.45, 2.75) is 96.9 Å². The topological polar surface area (TPSA) is 37.3 Å². The molecule has 4 heteroatoms. The predicted molar refractivity (Wildman–Crippen MR) is 102 cm³/mol. The number of carbonyl (C=O) groups is 1. The van der Waals surface area contributed by atoms with Gasteiger partial charge in [-0.05, 0) is 5.47 Å². The van der Waals surface area contributed by atoms with Gasteiger partial charge in [0, 0.05) is 32.7 Å². The molecule has 3 radical (unpaired) electrons. The standard InChI is InChI=1S/C3H3BO2.7C2H6.Y/c4-3(1-5)2-6;7*1-2;/h1-2,5H;7*1-2H3;/b3-1+;;;;;;;;. The van der Waals surface area contributed by atoms with E-state index in [-0.39, 0.29) is 38.2 Å². The number of aliphatic hydroxyl groups is 1. The maximum Gasteiger partial charge on any atom is 0.138 e.